The van der Waals surface area contributed by atoms with Gasteiger partial charge in [0.1, 0.15) is 0 Å². The van der Waals surface area contributed by atoms with Gasteiger partial charge in [0.15, 0.2) is 5.76 Å². The van der Waals surface area contributed by atoms with Crippen LogP contribution in [0.1, 0.15) is 39.4 Å². The van der Waals surface area contributed by atoms with Crippen molar-refractivity contribution in [3.05, 3.63) is 82.6 Å². The molecule has 1 amide bonds. The molecule has 2 aromatic rings. The summed E-state index contributed by atoms with van der Waals surface area (Å²) >= 11 is 0. The molecule has 2 aliphatic rings. The number of benzene rings is 2. The van der Waals surface area contributed by atoms with Crippen LogP contribution in [0.15, 0.2) is 60.4 Å². The number of nitrogens with zero attached hydrogens (tertiary/aromatic N) is 2. The summed E-state index contributed by atoms with van der Waals surface area (Å²) in [6.07, 6.45) is 1.80. The molecule has 35 heavy (non-hydrogen) atoms. The van der Waals surface area contributed by atoms with Gasteiger partial charge in [-0.25, -0.2) is 4.79 Å². The quantitative estimate of drug-likeness (QED) is 0.610. The van der Waals surface area contributed by atoms with Gasteiger partial charge in [0.05, 0.1) is 25.9 Å². The number of likely N-dealkylation sites (N-methyl/N-ethyl adjacent to an activating group) is 1. The van der Waals surface area contributed by atoms with Crippen molar-refractivity contribution in [1.29, 1.82) is 0 Å². The smallest absolute Gasteiger partial charge is 0.337 e. The van der Waals surface area contributed by atoms with Crippen LogP contribution < -0.4 is 0 Å². The summed E-state index contributed by atoms with van der Waals surface area (Å²) in [6.45, 7) is 3.25. The second-order valence-electron chi connectivity index (χ2n) is 8.92. The Morgan fingerprint density at radius 2 is 1.66 bits per heavy atom. The molecule has 0 spiro atoms. The van der Waals surface area contributed by atoms with E-state index in [9.17, 15) is 14.7 Å². The lowest BCUT2D eigenvalue weighted by Gasteiger charge is -2.35. The summed E-state index contributed by atoms with van der Waals surface area (Å²) < 4.78 is 16.9. The molecule has 2 aliphatic heterocycles. The molecule has 2 aromatic carbocycles. The second kappa shape index (κ2) is 11.5. The maximum Gasteiger partial charge on any atom is 0.337 e. The van der Waals surface area contributed by atoms with E-state index in [0.29, 0.717) is 37.4 Å². The van der Waals surface area contributed by atoms with E-state index in [-0.39, 0.29) is 18.4 Å². The topological polar surface area (TPSA) is 88.5 Å². The number of esters is 1. The average molecular weight is 481 g/mol. The van der Waals surface area contributed by atoms with Crippen molar-refractivity contribution in [2.24, 2.45) is 0 Å². The summed E-state index contributed by atoms with van der Waals surface area (Å²) in [4.78, 5) is 29.1. The van der Waals surface area contributed by atoms with Crippen molar-refractivity contribution in [2.75, 3.05) is 40.3 Å². The number of aliphatic hydroxyl groups is 1. The van der Waals surface area contributed by atoms with E-state index < -0.39 is 12.3 Å². The Labute approximate surface area is 205 Å². The monoisotopic (exact) mass is 480 g/mol. The van der Waals surface area contributed by atoms with E-state index in [1.165, 1.54) is 7.11 Å². The van der Waals surface area contributed by atoms with E-state index in [0.717, 1.165) is 29.8 Å². The molecule has 0 aliphatic carbocycles. The fourth-order valence-corrected chi connectivity index (χ4v) is 4.22. The highest BCUT2D eigenvalue weighted by Gasteiger charge is 2.32. The van der Waals surface area contributed by atoms with Crippen LogP contribution in [0.25, 0.3) is 0 Å². The number of hydrogen-bond donors (Lipinski definition) is 1. The predicted octanol–water partition coefficient (Wildman–Crippen LogP) is 2.67. The number of piperazine rings is 1. The highest BCUT2D eigenvalue weighted by Crippen LogP contribution is 2.33. The number of hydrogen-bond acceptors (Lipinski definition) is 7. The van der Waals surface area contributed by atoms with Crippen LogP contribution in [-0.2, 0) is 32.2 Å². The number of aliphatic hydroxyl groups excluding tert-OH is 1. The van der Waals surface area contributed by atoms with Gasteiger partial charge >= 0.3 is 5.97 Å². The van der Waals surface area contributed by atoms with Gasteiger partial charge < -0.3 is 29.1 Å². The average Bonchev–Trinajstić information content (AvgIpc) is 2.91. The Kier molecular flexibility index (Phi) is 8.17. The molecule has 2 heterocycles. The molecule has 1 N–H and O–H groups in total. The Balaban J connectivity index is 1.51. The molecular formula is C27H32N2O6. The SMILES string of the molecule is COC(=O)c1ccc([C@@H]2C=C(C(=O)N3CCN(C)CC3)O[C@H](OCc3ccc(CO)cc3)C2)cc1. The highest BCUT2D eigenvalue weighted by molar-refractivity contribution is 5.92. The summed E-state index contributed by atoms with van der Waals surface area (Å²) in [5.41, 5.74) is 3.22. The first kappa shape index (κ1) is 24.9. The van der Waals surface area contributed by atoms with Gasteiger partial charge in [-0.05, 0) is 41.9 Å². The van der Waals surface area contributed by atoms with Crippen molar-refractivity contribution in [3.8, 4) is 0 Å². The Hall–Kier alpha value is -3.20. The van der Waals surface area contributed by atoms with Crippen LogP contribution in [0.3, 0.4) is 0 Å². The van der Waals surface area contributed by atoms with Crippen molar-refractivity contribution >= 4 is 11.9 Å². The van der Waals surface area contributed by atoms with E-state index >= 15 is 0 Å². The minimum atomic E-state index is -0.603. The van der Waals surface area contributed by atoms with E-state index in [1.807, 2.05) is 54.4 Å². The molecular weight excluding hydrogens is 448 g/mol. The Morgan fingerprint density at radius 3 is 2.29 bits per heavy atom. The first-order chi connectivity index (χ1) is 17.0. The van der Waals surface area contributed by atoms with Crippen LogP contribution in [0.2, 0.25) is 0 Å². The number of carbonyl (C=O) groups is 2. The third-order valence-electron chi connectivity index (χ3n) is 6.46. The molecule has 8 nitrogen and oxygen atoms in total. The maximum atomic E-state index is 13.3. The lowest BCUT2D eigenvalue weighted by molar-refractivity contribution is -0.156. The largest absolute Gasteiger partial charge is 0.465 e. The number of amides is 1. The molecule has 0 bridgehead atoms. The number of methoxy groups -OCH3 is 1. The van der Waals surface area contributed by atoms with Crippen LogP contribution in [0, 0.1) is 0 Å². The van der Waals surface area contributed by atoms with Gasteiger partial charge in [0.2, 0.25) is 6.29 Å². The zero-order chi connectivity index (χ0) is 24.8. The zero-order valence-electron chi connectivity index (χ0n) is 20.2. The number of ether oxygens (including phenoxy) is 3. The maximum absolute atomic E-state index is 13.3. The molecule has 0 radical (unpaired) electrons. The van der Waals surface area contributed by atoms with Crippen molar-refractivity contribution in [2.45, 2.75) is 31.8 Å². The van der Waals surface area contributed by atoms with Crippen molar-refractivity contribution < 1.29 is 28.9 Å². The minimum Gasteiger partial charge on any atom is -0.465 e. The van der Waals surface area contributed by atoms with Gasteiger partial charge in [0, 0.05) is 38.5 Å². The van der Waals surface area contributed by atoms with Gasteiger partial charge in [-0.3, -0.25) is 4.79 Å². The molecule has 4 rings (SSSR count). The van der Waals surface area contributed by atoms with Crippen molar-refractivity contribution in [1.82, 2.24) is 9.80 Å². The van der Waals surface area contributed by atoms with E-state index in [4.69, 9.17) is 14.2 Å². The summed E-state index contributed by atoms with van der Waals surface area (Å²) in [5, 5.41) is 9.24. The Bertz CT molecular complexity index is 1040. The van der Waals surface area contributed by atoms with E-state index in [1.54, 1.807) is 12.1 Å². The zero-order valence-corrected chi connectivity index (χ0v) is 20.2. The highest BCUT2D eigenvalue weighted by atomic mass is 16.7. The molecule has 8 heteroatoms. The molecule has 186 valence electrons. The Morgan fingerprint density at radius 1 is 1.00 bits per heavy atom. The molecule has 1 saturated heterocycles. The normalized spacial score (nSPS) is 20.7. The summed E-state index contributed by atoms with van der Waals surface area (Å²) in [7, 11) is 3.40. The molecule has 0 aromatic heterocycles. The van der Waals surface area contributed by atoms with Crippen LogP contribution in [0.5, 0.6) is 0 Å². The van der Waals surface area contributed by atoms with Crippen LogP contribution in [-0.4, -0.2) is 73.4 Å². The fraction of sp³-hybridized carbons (Fsp3) is 0.407. The number of carbonyl (C=O) groups excluding carboxylic acids is 2. The first-order valence-electron chi connectivity index (χ1n) is 11.8. The van der Waals surface area contributed by atoms with E-state index in [2.05, 4.69) is 4.90 Å². The lowest BCUT2D eigenvalue weighted by atomic mass is 9.92. The first-order valence-corrected chi connectivity index (χ1v) is 11.8. The summed E-state index contributed by atoms with van der Waals surface area (Å²) in [5.74, 6) is -0.333. The number of rotatable bonds is 7. The van der Waals surface area contributed by atoms with Gasteiger partial charge in [-0.15, -0.1) is 0 Å². The lowest BCUT2D eigenvalue weighted by Crippen LogP contribution is -2.48. The molecule has 1 fully saturated rings. The van der Waals surface area contributed by atoms with Gasteiger partial charge in [-0.1, -0.05) is 36.4 Å². The molecule has 0 unspecified atom stereocenters. The van der Waals surface area contributed by atoms with Crippen LogP contribution in [0.4, 0.5) is 0 Å². The summed E-state index contributed by atoms with van der Waals surface area (Å²) in [6, 6.07) is 14.7. The second-order valence-corrected chi connectivity index (χ2v) is 8.92. The third kappa shape index (κ3) is 6.28. The van der Waals surface area contributed by atoms with Gasteiger partial charge in [-0.2, -0.15) is 0 Å². The third-order valence-corrected chi connectivity index (χ3v) is 6.46. The van der Waals surface area contributed by atoms with Crippen LogP contribution >= 0.6 is 0 Å². The van der Waals surface area contributed by atoms with Gasteiger partial charge in [0.25, 0.3) is 5.91 Å². The minimum absolute atomic E-state index is 0.00806. The molecule has 0 saturated carbocycles. The fourth-order valence-electron chi connectivity index (χ4n) is 4.22. The number of allylic oxidation sites excluding steroid dienone is 1. The van der Waals surface area contributed by atoms with Crippen molar-refractivity contribution in [3.63, 3.8) is 0 Å². The predicted molar refractivity (Wildman–Crippen MR) is 129 cm³/mol. The molecule has 2 atom stereocenters. The standard InChI is InChI=1S/C27H32N2O6/c1-28-11-13-29(14-12-28)26(31)24-15-23(21-7-9-22(10-8-21)27(32)33-2)16-25(35-24)34-18-20-5-3-19(17-30)4-6-20/h3-10,15,23,25,30H,11-14,16-18H2,1-2H3/t23-,25+/m1/s1.